The number of aromatic nitrogens is 2. The SMILES string of the molecule is COC(=O)c1cc2nc(Nc3ccc(Cl)cc3Cl)[nH]c2c2c1OC(C)(C)C2. The highest BCUT2D eigenvalue weighted by Crippen LogP contribution is 2.42. The summed E-state index contributed by atoms with van der Waals surface area (Å²) in [6, 6.07) is 6.83. The number of benzene rings is 2. The van der Waals surface area contributed by atoms with Crippen LogP contribution in [-0.4, -0.2) is 28.6 Å². The molecule has 6 nitrogen and oxygen atoms in total. The van der Waals surface area contributed by atoms with Crippen molar-refractivity contribution in [1.82, 2.24) is 9.97 Å². The van der Waals surface area contributed by atoms with E-state index in [0.717, 1.165) is 11.1 Å². The Labute approximate surface area is 165 Å². The number of ether oxygens (including phenoxy) is 2. The second kappa shape index (κ2) is 6.32. The number of imidazole rings is 1. The van der Waals surface area contributed by atoms with Gasteiger partial charge in [0.25, 0.3) is 0 Å². The highest BCUT2D eigenvalue weighted by atomic mass is 35.5. The van der Waals surface area contributed by atoms with Crippen LogP contribution in [0.25, 0.3) is 11.0 Å². The molecule has 3 aromatic rings. The monoisotopic (exact) mass is 405 g/mol. The van der Waals surface area contributed by atoms with E-state index >= 15 is 0 Å². The Kier molecular flexibility index (Phi) is 4.20. The molecule has 0 fully saturated rings. The smallest absolute Gasteiger partial charge is 0.341 e. The van der Waals surface area contributed by atoms with Gasteiger partial charge in [-0.3, -0.25) is 0 Å². The summed E-state index contributed by atoms with van der Waals surface area (Å²) in [7, 11) is 1.35. The lowest BCUT2D eigenvalue weighted by molar-refractivity contribution is 0.0590. The molecule has 0 spiro atoms. The van der Waals surface area contributed by atoms with Crippen LogP contribution in [0, 0.1) is 0 Å². The molecule has 1 aliphatic heterocycles. The molecule has 4 rings (SSSR count). The first-order valence-electron chi connectivity index (χ1n) is 8.32. The Hall–Kier alpha value is -2.44. The number of esters is 1. The fraction of sp³-hybridized carbons (Fsp3) is 0.263. The molecule has 2 N–H and O–H groups in total. The number of rotatable bonds is 3. The zero-order valence-corrected chi connectivity index (χ0v) is 16.5. The first kappa shape index (κ1) is 17.9. The van der Waals surface area contributed by atoms with Gasteiger partial charge in [0, 0.05) is 17.0 Å². The molecule has 0 saturated heterocycles. The van der Waals surface area contributed by atoms with Gasteiger partial charge in [-0.25, -0.2) is 9.78 Å². The number of carbonyl (C=O) groups is 1. The topological polar surface area (TPSA) is 76.2 Å². The minimum absolute atomic E-state index is 0.369. The number of methoxy groups -OCH3 is 1. The Morgan fingerprint density at radius 3 is 2.81 bits per heavy atom. The molecule has 0 amide bonds. The largest absolute Gasteiger partial charge is 0.486 e. The maximum absolute atomic E-state index is 12.2. The molecule has 27 heavy (non-hydrogen) atoms. The van der Waals surface area contributed by atoms with E-state index in [-0.39, 0.29) is 0 Å². The molecule has 140 valence electrons. The number of halogens is 2. The van der Waals surface area contributed by atoms with Gasteiger partial charge >= 0.3 is 5.97 Å². The molecule has 2 aromatic carbocycles. The number of hydrogen-bond donors (Lipinski definition) is 2. The third-order valence-corrected chi connectivity index (χ3v) is 4.95. The summed E-state index contributed by atoms with van der Waals surface area (Å²) in [5, 5.41) is 4.18. The summed E-state index contributed by atoms with van der Waals surface area (Å²) in [6.07, 6.45) is 0.646. The van der Waals surface area contributed by atoms with Crippen molar-refractivity contribution in [3.8, 4) is 5.75 Å². The molecule has 1 aromatic heterocycles. The van der Waals surface area contributed by atoms with Crippen LogP contribution in [-0.2, 0) is 11.2 Å². The van der Waals surface area contributed by atoms with E-state index in [2.05, 4.69) is 15.3 Å². The highest BCUT2D eigenvalue weighted by Gasteiger charge is 2.36. The lowest BCUT2D eigenvalue weighted by Gasteiger charge is -2.17. The lowest BCUT2D eigenvalue weighted by atomic mass is 9.99. The zero-order valence-electron chi connectivity index (χ0n) is 14.9. The first-order chi connectivity index (χ1) is 12.8. The van der Waals surface area contributed by atoms with Gasteiger partial charge in [0.2, 0.25) is 5.95 Å². The van der Waals surface area contributed by atoms with E-state index in [1.54, 1.807) is 24.3 Å². The third kappa shape index (κ3) is 3.19. The van der Waals surface area contributed by atoms with E-state index in [4.69, 9.17) is 32.7 Å². The molecule has 2 heterocycles. The van der Waals surface area contributed by atoms with Crippen molar-refractivity contribution in [1.29, 1.82) is 0 Å². The molecule has 0 atom stereocenters. The molecule has 1 aliphatic rings. The predicted octanol–water partition coefficient (Wildman–Crippen LogP) is 5.11. The average molecular weight is 406 g/mol. The fourth-order valence-electron chi connectivity index (χ4n) is 3.26. The van der Waals surface area contributed by atoms with Gasteiger partial charge in [0.15, 0.2) is 0 Å². The minimum atomic E-state index is -0.455. The first-order valence-corrected chi connectivity index (χ1v) is 9.08. The fourth-order valence-corrected chi connectivity index (χ4v) is 3.72. The molecule has 0 radical (unpaired) electrons. The lowest BCUT2D eigenvalue weighted by Crippen LogP contribution is -2.25. The molecular formula is C19H17Cl2N3O3. The van der Waals surface area contributed by atoms with Crippen LogP contribution in [0.5, 0.6) is 5.75 Å². The number of hydrogen-bond acceptors (Lipinski definition) is 5. The summed E-state index contributed by atoms with van der Waals surface area (Å²) < 4.78 is 10.9. The quantitative estimate of drug-likeness (QED) is 0.591. The van der Waals surface area contributed by atoms with Crippen molar-refractivity contribution in [2.24, 2.45) is 0 Å². The van der Waals surface area contributed by atoms with E-state index in [0.29, 0.717) is 44.9 Å². The van der Waals surface area contributed by atoms with E-state index in [1.165, 1.54) is 7.11 Å². The van der Waals surface area contributed by atoms with Crippen LogP contribution in [0.2, 0.25) is 10.0 Å². The number of H-pyrrole nitrogens is 1. The van der Waals surface area contributed by atoms with Crippen molar-refractivity contribution in [3.05, 3.63) is 45.4 Å². The number of aromatic amines is 1. The molecule has 0 bridgehead atoms. The van der Waals surface area contributed by atoms with Crippen LogP contribution >= 0.6 is 23.2 Å². The second-order valence-corrected chi connectivity index (χ2v) is 7.83. The van der Waals surface area contributed by atoms with Gasteiger partial charge in [-0.1, -0.05) is 23.2 Å². The molecule has 0 unspecified atom stereocenters. The Bertz CT molecular complexity index is 1080. The van der Waals surface area contributed by atoms with Crippen LogP contribution in [0.15, 0.2) is 24.3 Å². The van der Waals surface area contributed by atoms with Crippen LogP contribution in [0.1, 0.15) is 29.8 Å². The standard InChI is InChI=1S/C19H17Cl2N3O3/c1-19(2)8-11-15-14(7-10(16(11)27-19)17(25)26-3)23-18(24-15)22-13-5-4-9(20)6-12(13)21/h4-7H,8H2,1-3H3,(H2,22,23,24). The van der Waals surface area contributed by atoms with Gasteiger partial charge < -0.3 is 19.8 Å². The maximum atomic E-state index is 12.2. The number of fused-ring (bicyclic) bond motifs is 3. The van der Waals surface area contributed by atoms with Gasteiger partial charge in [0.05, 0.1) is 28.9 Å². The third-order valence-electron chi connectivity index (χ3n) is 4.40. The van der Waals surface area contributed by atoms with Gasteiger partial charge in [-0.05, 0) is 38.1 Å². The highest BCUT2D eigenvalue weighted by molar-refractivity contribution is 6.36. The summed E-state index contributed by atoms with van der Waals surface area (Å²) >= 11 is 12.2. The Morgan fingerprint density at radius 2 is 2.11 bits per heavy atom. The molecular weight excluding hydrogens is 389 g/mol. The minimum Gasteiger partial charge on any atom is -0.486 e. The maximum Gasteiger partial charge on any atom is 0.341 e. The van der Waals surface area contributed by atoms with Crippen LogP contribution < -0.4 is 10.1 Å². The molecule has 0 aliphatic carbocycles. The van der Waals surface area contributed by atoms with E-state index < -0.39 is 11.6 Å². The zero-order chi connectivity index (χ0) is 19.3. The van der Waals surface area contributed by atoms with Crippen molar-refractivity contribution in [2.75, 3.05) is 12.4 Å². The van der Waals surface area contributed by atoms with E-state index in [1.807, 2.05) is 13.8 Å². The Morgan fingerprint density at radius 1 is 1.33 bits per heavy atom. The average Bonchev–Trinajstić information content (AvgIpc) is 3.15. The van der Waals surface area contributed by atoms with Crippen molar-refractivity contribution < 1.29 is 14.3 Å². The summed E-state index contributed by atoms with van der Waals surface area (Å²) in [5.41, 5.74) is 2.98. The summed E-state index contributed by atoms with van der Waals surface area (Å²) in [6.45, 7) is 3.95. The van der Waals surface area contributed by atoms with Crippen molar-refractivity contribution in [3.63, 3.8) is 0 Å². The summed E-state index contributed by atoms with van der Waals surface area (Å²) in [5.74, 6) is 0.589. The van der Waals surface area contributed by atoms with Gasteiger partial charge in [-0.2, -0.15) is 0 Å². The summed E-state index contributed by atoms with van der Waals surface area (Å²) in [4.78, 5) is 20.0. The van der Waals surface area contributed by atoms with Crippen molar-refractivity contribution in [2.45, 2.75) is 25.9 Å². The molecule has 8 heteroatoms. The second-order valence-electron chi connectivity index (χ2n) is 6.99. The van der Waals surface area contributed by atoms with E-state index in [9.17, 15) is 4.79 Å². The predicted molar refractivity (Wildman–Crippen MR) is 106 cm³/mol. The van der Waals surface area contributed by atoms with Crippen LogP contribution in [0.3, 0.4) is 0 Å². The van der Waals surface area contributed by atoms with Gasteiger partial charge in [0.1, 0.15) is 16.9 Å². The number of nitrogens with one attached hydrogen (secondary N) is 2. The molecule has 0 saturated carbocycles. The number of carbonyl (C=O) groups excluding carboxylic acids is 1. The number of anilines is 2. The van der Waals surface area contributed by atoms with Crippen molar-refractivity contribution >= 4 is 51.8 Å². The van der Waals surface area contributed by atoms with Crippen LogP contribution in [0.4, 0.5) is 11.6 Å². The normalized spacial score (nSPS) is 14.7. The number of nitrogens with zero attached hydrogens (tertiary/aromatic N) is 1. The Balaban J connectivity index is 1.82. The van der Waals surface area contributed by atoms with Gasteiger partial charge in [-0.15, -0.1) is 0 Å².